The van der Waals surface area contributed by atoms with Crippen LogP contribution in [0.3, 0.4) is 0 Å². The first-order chi connectivity index (χ1) is 11.6. The quantitative estimate of drug-likeness (QED) is 0.765. The molecule has 124 valence electrons. The first kappa shape index (κ1) is 16.1. The van der Waals surface area contributed by atoms with E-state index >= 15 is 0 Å². The van der Waals surface area contributed by atoms with Crippen LogP contribution in [0.25, 0.3) is 10.9 Å². The van der Waals surface area contributed by atoms with Crippen molar-refractivity contribution in [2.75, 3.05) is 19.5 Å². The largest absolute Gasteiger partial charge is 0.493 e. The molecule has 0 amide bonds. The summed E-state index contributed by atoms with van der Waals surface area (Å²) in [4.78, 5) is 9.09. The molecule has 3 rings (SSSR count). The molecule has 24 heavy (non-hydrogen) atoms. The molecule has 0 saturated heterocycles. The average Bonchev–Trinajstić information content (AvgIpc) is 2.61. The Labute approximate surface area is 141 Å². The third-order valence-corrected chi connectivity index (χ3v) is 3.97. The minimum Gasteiger partial charge on any atom is -0.493 e. The molecule has 0 spiro atoms. The highest BCUT2D eigenvalue weighted by Crippen LogP contribution is 2.34. The zero-order chi connectivity index (χ0) is 17.1. The highest BCUT2D eigenvalue weighted by Gasteiger charge is 2.14. The van der Waals surface area contributed by atoms with Gasteiger partial charge in [0.1, 0.15) is 11.6 Å². The standard InChI is InChI=1S/C19H21N3O2/c1-12(14-8-6-5-7-9-14)20-19-15-10-17(23-3)18(24-4)11-16(15)21-13(2)22-19/h5-12H,1-4H3,(H,20,21,22)/t12-/m1/s1. The number of rotatable bonds is 5. The Bertz CT molecular complexity index is 850. The Kier molecular flexibility index (Phi) is 4.51. The molecule has 2 aromatic carbocycles. The predicted octanol–water partition coefficient (Wildman–Crippen LogP) is 4.13. The zero-order valence-electron chi connectivity index (χ0n) is 14.3. The van der Waals surface area contributed by atoms with E-state index in [4.69, 9.17) is 9.47 Å². The van der Waals surface area contributed by atoms with Crippen molar-refractivity contribution < 1.29 is 9.47 Å². The Hall–Kier alpha value is -2.82. The predicted molar refractivity (Wildman–Crippen MR) is 95.9 cm³/mol. The Morgan fingerprint density at radius 3 is 2.29 bits per heavy atom. The lowest BCUT2D eigenvalue weighted by atomic mass is 10.1. The van der Waals surface area contributed by atoms with Crippen molar-refractivity contribution in [2.24, 2.45) is 0 Å². The number of hydrogen-bond donors (Lipinski definition) is 1. The van der Waals surface area contributed by atoms with Crippen molar-refractivity contribution in [2.45, 2.75) is 19.9 Å². The summed E-state index contributed by atoms with van der Waals surface area (Å²) in [5.41, 5.74) is 2.02. The zero-order valence-corrected chi connectivity index (χ0v) is 14.3. The summed E-state index contributed by atoms with van der Waals surface area (Å²) in [7, 11) is 3.24. The summed E-state index contributed by atoms with van der Waals surface area (Å²) < 4.78 is 10.8. The van der Waals surface area contributed by atoms with E-state index in [1.807, 2.05) is 37.3 Å². The molecular formula is C19H21N3O2. The Balaban J connectivity index is 2.06. The lowest BCUT2D eigenvalue weighted by Crippen LogP contribution is -2.09. The van der Waals surface area contributed by atoms with Gasteiger partial charge in [-0.05, 0) is 25.5 Å². The van der Waals surface area contributed by atoms with Crippen LogP contribution in [0.2, 0.25) is 0 Å². The third-order valence-electron chi connectivity index (χ3n) is 3.97. The van der Waals surface area contributed by atoms with Crippen LogP contribution in [0.5, 0.6) is 11.5 Å². The van der Waals surface area contributed by atoms with E-state index in [0.717, 1.165) is 16.7 Å². The smallest absolute Gasteiger partial charge is 0.162 e. The molecule has 0 saturated carbocycles. The highest BCUT2D eigenvalue weighted by atomic mass is 16.5. The molecule has 0 fully saturated rings. The van der Waals surface area contributed by atoms with Gasteiger partial charge in [0.05, 0.1) is 19.7 Å². The fourth-order valence-electron chi connectivity index (χ4n) is 2.71. The molecule has 1 N–H and O–H groups in total. The number of benzene rings is 2. The van der Waals surface area contributed by atoms with Gasteiger partial charge in [0.2, 0.25) is 0 Å². The van der Waals surface area contributed by atoms with Crippen molar-refractivity contribution in [3.63, 3.8) is 0 Å². The summed E-state index contributed by atoms with van der Waals surface area (Å²) in [6.07, 6.45) is 0. The molecule has 0 aliphatic heterocycles. The maximum atomic E-state index is 5.41. The number of methoxy groups -OCH3 is 2. The fraction of sp³-hybridized carbons (Fsp3) is 0.263. The molecule has 0 aliphatic rings. The normalized spacial score (nSPS) is 12.0. The van der Waals surface area contributed by atoms with Gasteiger partial charge in [0.15, 0.2) is 11.5 Å². The summed E-state index contributed by atoms with van der Waals surface area (Å²) in [6, 6.07) is 14.2. The number of fused-ring (bicyclic) bond motifs is 1. The van der Waals surface area contributed by atoms with E-state index in [1.165, 1.54) is 5.56 Å². The summed E-state index contributed by atoms with van der Waals surface area (Å²) >= 11 is 0. The first-order valence-electron chi connectivity index (χ1n) is 7.84. The van der Waals surface area contributed by atoms with Crippen molar-refractivity contribution in [1.29, 1.82) is 0 Å². The van der Waals surface area contributed by atoms with Crippen LogP contribution in [0, 0.1) is 6.92 Å². The van der Waals surface area contributed by atoms with Crippen LogP contribution in [0.15, 0.2) is 42.5 Å². The molecule has 1 heterocycles. The second-order valence-electron chi connectivity index (χ2n) is 5.62. The highest BCUT2D eigenvalue weighted by molar-refractivity contribution is 5.92. The Morgan fingerprint density at radius 2 is 1.62 bits per heavy atom. The number of aromatic nitrogens is 2. The van der Waals surface area contributed by atoms with Crippen LogP contribution < -0.4 is 14.8 Å². The summed E-state index contributed by atoms with van der Waals surface area (Å²) in [5.74, 6) is 2.81. The van der Waals surface area contributed by atoms with Crippen molar-refractivity contribution >= 4 is 16.7 Å². The van der Waals surface area contributed by atoms with Crippen molar-refractivity contribution in [3.05, 3.63) is 53.9 Å². The lowest BCUT2D eigenvalue weighted by Gasteiger charge is -2.17. The van der Waals surface area contributed by atoms with Crippen LogP contribution >= 0.6 is 0 Å². The molecule has 0 bridgehead atoms. The van der Waals surface area contributed by atoms with Gasteiger partial charge < -0.3 is 14.8 Å². The number of aryl methyl sites for hydroxylation is 1. The van der Waals surface area contributed by atoms with E-state index in [0.29, 0.717) is 17.3 Å². The van der Waals surface area contributed by atoms with Gasteiger partial charge in [-0.15, -0.1) is 0 Å². The second kappa shape index (κ2) is 6.74. The number of hydrogen-bond acceptors (Lipinski definition) is 5. The van der Waals surface area contributed by atoms with Crippen LogP contribution in [-0.4, -0.2) is 24.2 Å². The molecule has 3 aromatic rings. The van der Waals surface area contributed by atoms with E-state index in [1.54, 1.807) is 14.2 Å². The van der Waals surface area contributed by atoms with E-state index in [-0.39, 0.29) is 6.04 Å². The molecule has 1 aromatic heterocycles. The lowest BCUT2D eigenvalue weighted by molar-refractivity contribution is 0.356. The van der Waals surface area contributed by atoms with Gasteiger partial charge in [-0.25, -0.2) is 9.97 Å². The second-order valence-corrected chi connectivity index (χ2v) is 5.62. The van der Waals surface area contributed by atoms with Crippen molar-refractivity contribution in [3.8, 4) is 11.5 Å². The van der Waals surface area contributed by atoms with Crippen LogP contribution in [0.1, 0.15) is 24.4 Å². The minimum absolute atomic E-state index is 0.122. The van der Waals surface area contributed by atoms with Gasteiger partial charge in [-0.3, -0.25) is 0 Å². The molecule has 5 heteroatoms. The number of nitrogens with zero attached hydrogens (tertiary/aromatic N) is 2. The van der Waals surface area contributed by atoms with E-state index in [2.05, 4.69) is 34.3 Å². The van der Waals surface area contributed by atoms with E-state index < -0.39 is 0 Å². The SMILES string of the molecule is COc1cc2nc(C)nc(N[C@H](C)c3ccccc3)c2cc1OC. The Morgan fingerprint density at radius 1 is 0.958 bits per heavy atom. The topological polar surface area (TPSA) is 56.3 Å². The number of nitrogens with one attached hydrogen (secondary N) is 1. The summed E-state index contributed by atoms with van der Waals surface area (Å²) in [5, 5.41) is 4.39. The molecule has 5 nitrogen and oxygen atoms in total. The third kappa shape index (κ3) is 3.11. The molecule has 0 aliphatic carbocycles. The molecule has 0 unspecified atom stereocenters. The number of anilines is 1. The maximum absolute atomic E-state index is 5.41. The number of ether oxygens (including phenoxy) is 2. The maximum Gasteiger partial charge on any atom is 0.162 e. The fourth-order valence-corrected chi connectivity index (χ4v) is 2.71. The van der Waals surface area contributed by atoms with E-state index in [9.17, 15) is 0 Å². The monoisotopic (exact) mass is 323 g/mol. The molecule has 0 radical (unpaired) electrons. The summed E-state index contributed by atoms with van der Waals surface area (Å²) in [6.45, 7) is 3.99. The van der Waals surface area contributed by atoms with Gasteiger partial charge in [0.25, 0.3) is 0 Å². The minimum atomic E-state index is 0.122. The van der Waals surface area contributed by atoms with Crippen LogP contribution in [-0.2, 0) is 0 Å². The van der Waals surface area contributed by atoms with Gasteiger partial charge in [-0.1, -0.05) is 30.3 Å². The van der Waals surface area contributed by atoms with Crippen LogP contribution in [0.4, 0.5) is 5.82 Å². The molecular weight excluding hydrogens is 302 g/mol. The van der Waals surface area contributed by atoms with Crippen molar-refractivity contribution in [1.82, 2.24) is 9.97 Å². The van der Waals surface area contributed by atoms with Gasteiger partial charge in [0, 0.05) is 17.5 Å². The molecule has 1 atom stereocenters. The average molecular weight is 323 g/mol. The first-order valence-corrected chi connectivity index (χ1v) is 7.84. The van der Waals surface area contributed by atoms with Gasteiger partial charge >= 0.3 is 0 Å². The van der Waals surface area contributed by atoms with Gasteiger partial charge in [-0.2, -0.15) is 0 Å².